The minimum atomic E-state index is -1.40. The highest BCUT2D eigenvalue weighted by Gasteiger charge is 2.59. The number of rotatable bonds is 9. The van der Waals surface area contributed by atoms with Crippen LogP contribution < -0.4 is 0 Å². The molecule has 1 heterocycles. The van der Waals surface area contributed by atoms with Gasteiger partial charge in [0.1, 0.15) is 24.4 Å². The summed E-state index contributed by atoms with van der Waals surface area (Å²) >= 11 is 0. The molecule has 0 aromatic rings. The highest BCUT2D eigenvalue weighted by molar-refractivity contribution is 5.25. The Balaban J connectivity index is 1.24. The number of aliphatic hydroxyl groups excluding tert-OH is 4. The van der Waals surface area contributed by atoms with E-state index >= 15 is 0 Å². The molecule has 0 amide bonds. The van der Waals surface area contributed by atoms with Gasteiger partial charge in [0.2, 0.25) is 0 Å². The maximum atomic E-state index is 10.5. The van der Waals surface area contributed by atoms with Crippen LogP contribution in [0, 0.1) is 46.3 Å². The fourth-order valence-corrected chi connectivity index (χ4v) is 10.6. The Bertz CT molecular complexity index is 962. The van der Waals surface area contributed by atoms with Crippen LogP contribution in [0.4, 0.5) is 0 Å². The smallest absolute Gasteiger partial charge is 0.186 e. The average Bonchev–Trinajstić information content (AvgIpc) is 3.30. The fourth-order valence-electron chi connectivity index (χ4n) is 10.6. The first-order chi connectivity index (χ1) is 19.4. The molecule has 6 heteroatoms. The van der Waals surface area contributed by atoms with Crippen molar-refractivity contribution in [2.75, 3.05) is 6.61 Å². The van der Waals surface area contributed by atoms with Gasteiger partial charge in [-0.15, -0.1) is 0 Å². The normalized spacial score (nSPS) is 47.5. The third kappa shape index (κ3) is 5.64. The van der Waals surface area contributed by atoms with E-state index in [4.69, 9.17) is 9.47 Å². The van der Waals surface area contributed by atoms with E-state index in [-0.39, 0.29) is 11.5 Å². The van der Waals surface area contributed by atoms with E-state index in [1.54, 1.807) is 0 Å². The number of allylic oxidation sites excluding steroid dienone is 2. The van der Waals surface area contributed by atoms with Crippen molar-refractivity contribution in [3.63, 3.8) is 0 Å². The Morgan fingerprint density at radius 3 is 2.49 bits per heavy atom. The summed E-state index contributed by atoms with van der Waals surface area (Å²) in [5, 5.41) is 40.4. The standard InChI is InChI=1S/C35H58O6/c1-7-22(20(2)3)9-8-21(4)26-12-13-27-25-11-10-23-18-24(14-16-34(23,5)28(25)15-17-35(26,27)6)40-33-32(39)31(38)30(37)29(19-36)41-33/h10,21-22,24-33,36-39H,2,7-9,11-19H2,1,3-6H3/t21-,22-,24+,25+,26-,27+,28+,29?,30?,31?,32?,33?,34+,35-/m1/s1. The topological polar surface area (TPSA) is 99.4 Å². The highest BCUT2D eigenvalue weighted by Crippen LogP contribution is 2.67. The predicted molar refractivity (Wildman–Crippen MR) is 161 cm³/mol. The Hall–Kier alpha value is -0.760. The van der Waals surface area contributed by atoms with Crippen LogP contribution >= 0.6 is 0 Å². The van der Waals surface area contributed by atoms with E-state index < -0.39 is 37.3 Å². The monoisotopic (exact) mass is 574 g/mol. The third-order valence-electron chi connectivity index (χ3n) is 13.2. The molecule has 3 saturated carbocycles. The second-order valence-electron chi connectivity index (χ2n) is 15.2. The third-order valence-corrected chi connectivity index (χ3v) is 13.2. The number of hydrogen-bond donors (Lipinski definition) is 4. The molecule has 5 aliphatic rings. The minimum absolute atomic E-state index is 0.107. The molecule has 0 spiro atoms. The molecule has 234 valence electrons. The molecular weight excluding hydrogens is 516 g/mol. The lowest BCUT2D eigenvalue weighted by Crippen LogP contribution is -2.60. The molecule has 41 heavy (non-hydrogen) atoms. The van der Waals surface area contributed by atoms with Crippen molar-refractivity contribution in [3.05, 3.63) is 23.8 Å². The molecular formula is C35H58O6. The zero-order valence-electron chi connectivity index (χ0n) is 26.3. The Morgan fingerprint density at radius 2 is 1.80 bits per heavy atom. The molecule has 0 bridgehead atoms. The largest absolute Gasteiger partial charge is 0.394 e. The average molecular weight is 575 g/mol. The summed E-state index contributed by atoms with van der Waals surface area (Å²) in [6.07, 6.45) is 9.51. The molecule has 4 aliphatic carbocycles. The van der Waals surface area contributed by atoms with Gasteiger partial charge >= 0.3 is 0 Å². The van der Waals surface area contributed by atoms with Crippen LogP contribution in [-0.4, -0.2) is 63.8 Å². The molecule has 5 unspecified atom stereocenters. The van der Waals surface area contributed by atoms with E-state index in [9.17, 15) is 20.4 Å². The number of hydrogen-bond acceptors (Lipinski definition) is 6. The molecule has 0 radical (unpaired) electrons. The molecule has 5 rings (SSSR count). The molecule has 0 aromatic carbocycles. The second-order valence-corrected chi connectivity index (χ2v) is 15.2. The lowest BCUT2D eigenvalue weighted by atomic mass is 9.47. The van der Waals surface area contributed by atoms with Gasteiger partial charge in [-0.1, -0.05) is 51.5 Å². The summed E-state index contributed by atoms with van der Waals surface area (Å²) in [6, 6.07) is 0. The van der Waals surface area contributed by atoms with Crippen LogP contribution in [0.25, 0.3) is 0 Å². The van der Waals surface area contributed by atoms with Crippen LogP contribution in [0.5, 0.6) is 0 Å². The summed E-state index contributed by atoms with van der Waals surface area (Å²) in [5.41, 5.74) is 3.49. The van der Waals surface area contributed by atoms with Crippen molar-refractivity contribution in [2.45, 2.75) is 142 Å². The van der Waals surface area contributed by atoms with Crippen molar-refractivity contribution in [1.82, 2.24) is 0 Å². The number of ether oxygens (including phenoxy) is 2. The second kappa shape index (κ2) is 12.3. The van der Waals surface area contributed by atoms with Gasteiger partial charge in [0.15, 0.2) is 6.29 Å². The quantitative estimate of drug-likeness (QED) is 0.261. The van der Waals surface area contributed by atoms with Gasteiger partial charge < -0.3 is 29.9 Å². The fraction of sp³-hybridized carbons (Fsp3) is 0.886. The van der Waals surface area contributed by atoms with Crippen LogP contribution in [0.15, 0.2) is 23.8 Å². The molecule has 1 saturated heterocycles. The Kier molecular flexibility index (Phi) is 9.51. The highest BCUT2D eigenvalue weighted by atomic mass is 16.7. The van der Waals surface area contributed by atoms with Gasteiger partial charge in [-0.2, -0.15) is 0 Å². The molecule has 14 atom stereocenters. The molecule has 4 fully saturated rings. The van der Waals surface area contributed by atoms with E-state index in [0.717, 1.165) is 55.3 Å². The molecule has 0 aromatic heterocycles. The lowest BCUT2D eigenvalue weighted by molar-refractivity contribution is -0.313. The van der Waals surface area contributed by atoms with Crippen LogP contribution in [0.1, 0.15) is 105 Å². The van der Waals surface area contributed by atoms with Crippen molar-refractivity contribution in [3.8, 4) is 0 Å². The van der Waals surface area contributed by atoms with Gasteiger partial charge in [-0.25, -0.2) is 0 Å². The first kappa shape index (κ1) is 31.7. The Morgan fingerprint density at radius 1 is 1.05 bits per heavy atom. The van der Waals surface area contributed by atoms with Gasteiger partial charge in [-0.3, -0.25) is 0 Å². The van der Waals surface area contributed by atoms with Crippen molar-refractivity contribution >= 4 is 0 Å². The minimum Gasteiger partial charge on any atom is -0.394 e. The van der Waals surface area contributed by atoms with Gasteiger partial charge in [0.25, 0.3) is 0 Å². The van der Waals surface area contributed by atoms with Crippen molar-refractivity contribution in [1.29, 1.82) is 0 Å². The predicted octanol–water partition coefficient (Wildman–Crippen LogP) is 5.77. The summed E-state index contributed by atoms with van der Waals surface area (Å²) in [4.78, 5) is 0. The Labute approximate surface area is 248 Å². The van der Waals surface area contributed by atoms with Crippen molar-refractivity contribution in [2.24, 2.45) is 46.3 Å². The summed E-state index contributed by atoms with van der Waals surface area (Å²) < 4.78 is 11.9. The van der Waals surface area contributed by atoms with E-state index in [2.05, 4.69) is 47.3 Å². The number of fused-ring (bicyclic) bond motifs is 5. The van der Waals surface area contributed by atoms with E-state index in [1.165, 1.54) is 56.1 Å². The van der Waals surface area contributed by atoms with Gasteiger partial charge in [-0.05, 0) is 124 Å². The first-order valence-corrected chi connectivity index (χ1v) is 16.7. The summed E-state index contributed by atoms with van der Waals surface area (Å²) in [5.74, 6) is 4.57. The lowest BCUT2D eigenvalue weighted by Gasteiger charge is -2.58. The van der Waals surface area contributed by atoms with Crippen molar-refractivity contribution < 1.29 is 29.9 Å². The maximum Gasteiger partial charge on any atom is 0.186 e. The summed E-state index contributed by atoms with van der Waals surface area (Å²) in [7, 11) is 0. The SMILES string of the molecule is C=C(C)[C@H](CC)CC[C@@H](C)[C@H]1CC[C@H]2[C@@H]3CC=C4C[C@@H](OC5OC(CO)C(O)C(O)C5O)CC[C@]4(C)[C@H]3CC[C@]12C. The van der Waals surface area contributed by atoms with Crippen LogP contribution in [-0.2, 0) is 9.47 Å². The van der Waals surface area contributed by atoms with E-state index in [1.807, 2.05) is 0 Å². The maximum absolute atomic E-state index is 10.5. The van der Waals surface area contributed by atoms with Gasteiger partial charge in [0.05, 0.1) is 12.7 Å². The molecule has 1 aliphatic heterocycles. The summed E-state index contributed by atoms with van der Waals surface area (Å²) in [6.45, 7) is 16.0. The zero-order valence-corrected chi connectivity index (χ0v) is 26.3. The van der Waals surface area contributed by atoms with E-state index in [0.29, 0.717) is 11.3 Å². The molecule has 6 nitrogen and oxygen atoms in total. The van der Waals surface area contributed by atoms with Crippen LogP contribution in [0.2, 0.25) is 0 Å². The molecule has 4 N–H and O–H groups in total. The first-order valence-electron chi connectivity index (χ1n) is 16.7. The number of aliphatic hydroxyl groups is 4. The van der Waals surface area contributed by atoms with Crippen LogP contribution in [0.3, 0.4) is 0 Å². The zero-order chi connectivity index (χ0) is 29.7. The van der Waals surface area contributed by atoms with Gasteiger partial charge in [0, 0.05) is 0 Å².